The van der Waals surface area contributed by atoms with Gasteiger partial charge in [-0.15, -0.1) is 0 Å². The summed E-state index contributed by atoms with van der Waals surface area (Å²) >= 11 is 12.0. The molecule has 1 saturated heterocycles. The minimum atomic E-state index is 0.489. The molecule has 100 valence electrons. The molecule has 18 heavy (non-hydrogen) atoms. The first-order valence-corrected chi connectivity index (χ1v) is 7.27. The SMILES string of the molecule is CC1CCCC(CN)N1Cc1ccc(Cl)c(Cl)c1. The Kier molecular flexibility index (Phi) is 4.91. The van der Waals surface area contributed by atoms with Crippen LogP contribution in [0, 0.1) is 0 Å². The van der Waals surface area contributed by atoms with Crippen molar-refractivity contribution in [1.29, 1.82) is 0 Å². The normalized spacial score (nSPS) is 25.3. The van der Waals surface area contributed by atoms with Gasteiger partial charge in [0.1, 0.15) is 0 Å². The van der Waals surface area contributed by atoms with E-state index in [4.69, 9.17) is 28.9 Å². The van der Waals surface area contributed by atoms with E-state index < -0.39 is 0 Å². The summed E-state index contributed by atoms with van der Waals surface area (Å²) < 4.78 is 0. The molecule has 0 aliphatic carbocycles. The molecule has 2 nitrogen and oxygen atoms in total. The molecule has 0 spiro atoms. The van der Waals surface area contributed by atoms with Crippen LogP contribution in [0.15, 0.2) is 18.2 Å². The van der Waals surface area contributed by atoms with Crippen molar-refractivity contribution in [1.82, 2.24) is 4.90 Å². The van der Waals surface area contributed by atoms with Crippen molar-refractivity contribution < 1.29 is 0 Å². The van der Waals surface area contributed by atoms with E-state index in [9.17, 15) is 0 Å². The molecule has 0 saturated carbocycles. The monoisotopic (exact) mass is 286 g/mol. The number of nitrogens with zero attached hydrogens (tertiary/aromatic N) is 1. The molecule has 0 bridgehead atoms. The molecule has 2 rings (SSSR count). The van der Waals surface area contributed by atoms with E-state index in [1.165, 1.54) is 24.8 Å². The zero-order valence-electron chi connectivity index (χ0n) is 10.7. The first-order valence-electron chi connectivity index (χ1n) is 6.51. The fourth-order valence-electron chi connectivity index (χ4n) is 2.73. The van der Waals surface area contributed by atoms with Crippen LogP contribution in [0.1, 0.15) is 31.7 Å². The molecular formula is C14H20Cl2N2. The van der Waals surface area contributed by atoms with Gasteiger partial charge in [0.25, 0.3) is 0 Å². The van der Waals surface area contributed by atoms with Gasteiger partial charge in [-0.3, -0.25) is 4.90 Å². The summed E-state index contributed by atoms with van der Waals surface area (Å²) in [5.41, 5.74) is 7.08. The Morgan fingerprint density at radius 2 is 2.06 bits per heavy atom. The van der Waals surface area contributed by atoms with Crippen LogP contribution in [0.2, 0.25) is 10.0 Å². The second kappa shape index (κ2) is 6.25. The molecule has 1 heterocycles. The van der Waals surface area contributed by atoms with E-state index in [0.29, 0.717) is 22.1 Å². The van der Waals surface area contributed by atoms with Crippen molar-refractivity contribution in [2.75, 3.05) is 6.54 Å². The van der Waals surface area contributed by atoms with Crippen molar-refractivity contribution in [2.45, 2.75) is 44.8 Å². The first kappa shape index (κ1) is 14.1. The largest absolute Gasteiger partial charge is 0.329 e. The number of piperidine rings is 1. The standard InChI is InChI=1S/C14H20Cl2N2/c1-10-3-2-4-12(8-17)18(10)9-11-5-6-13(15)14(16)7-11/h5-7,10,12H,2-4,8-9,17H2,1H3. The fourth-order valence-corrected chi connectivity index (χ4v) is 3.05. The quantitative estimate of drug-likeness (QED) is 0.918. The number of halogens is 2. The summed E-state index contributed by atoms with van der Waals surface area (Å²) in [6.07, 6.45) is 3.72. The van der Waals surface area contributed by atoms with Gasteiger partial charge >= 0.3 is 0 Å². The lowest BCUT2D eigenvalue weighted by Crippen LogP contribution is -2.48. The molecule has 1 aromatic carbocycles. The van der Waals surface area contributed by atoms with Crippen LogP contribution < -0.4 is 5.73 Å². The molecule has 1 fully saturated rings. The molecule has 2 N–H and O–H groups in total. The number of likely N-dealkylation sites (tertiary alicyclic amines) is 1. The van der Waals surface area contributed by atoms with Crippen LogP contribution in [0.25, 0.3) is 0 Å². The van der Waals surface area contributed by atoms with Crippen molar-refractivity contribution in [3.63, 3.8) is 0 Å². The van der Waals surface area contributed by atoms with Gasteiger partial charge in [0, 0.05) is 25.2 Å². The maximum atomic E-state index is 6.06. The summed E-state index contributed by atoms with van der Waals surface area (Å²) in [5.74, 6) is 0. The van der Waals surface area contributed by atoms with Crippen LogP contribution >= 0.6 is 23.2 Å². The van der Waals surface area contributed by atoms with Gasteiger partial charge in [-0.1, -0.05) is 35.7 Å². The highest BCUT2D eigenvalue weighted by atomic mass is 35.5. The van der Waals surface area contributed by atoms with Gasteiger partial charge in [0.05, 0.1) is 10.0 Å². The topological polar surface area (TPSA) is 29.3 Å². The molecule has 2 atom stereocenters. The Morgan fingerprint density at radius 1 is 1.28 bits per heavy atom. The van der Waals surface area contributed by atoms with E-state index in [2.05, 4.69) is 11.8 Å². The van der Waals surface area contributed by atoms with Gasteiger partial charge in [-0.2, -0.15) is 0 Å². The van der Waals surface area contributed by atoms with Crippen molar-refractivity contribution in [3.05, 3.63) is 33.8 Å². The van der Waals surface area contributed by atoms with Crippen LogP contribution in [-0.4, -0.2) is 23.5 Å². The minimum absolute atomic E-state index is 0.489. The lowest BCUT2D eigenvalue weighted by Gasteiger charge is -2.40. The lowest BCUT2D eigenvalue weighted by atomic mass is 9.95. The Bertz CT molecular complexity index is 409. The Labute approximate surface area is 119 Å². The predicted molar refractivity (Wildman–Crippen MR) is 78.2 cm³/mol. The third-order valence-electron chi connectivity index (χ3n) is 3.82. The van der Waals surface area contributed by atoms with Gasteiger partial charge in [0.15, 0.2) is 0 Å². The maximum Gasteiger partial charge on any atom is 0.0595 e. The Morgan fingerprint density at radius 3 is 2.72 bits per heavy atom. The molecule has 4 heteroatoms. The number of rotatable bonds is 3. The van der Waals surface area contributed by atoms with E-state index in [0.717, 1.165) is 13.1 Å². The van der Waals surface area contributed by atoms with Crippen molar-refractivity contribution in [2.24, 2.45) is 5.73 Å². The highest BCUT2D eigenvalue weighted by Gasteiger charge is 2.26. The summed E-state index contributed by atoms with van der Waals surface area (Å²) in [6.45, 7) is 3.91. The number of hydrogen-bond acceptors (Lipinski definition) is 2. The minimum Gasteiger partial charge on any atom is -0.329 e. The van der Waals surface area contributed by atoms with E-state index in [1.54, 1.807) is 0 Å². The smallest absolute Gasteiger partial charge is 0.0595 e. The summed E-state index contributed by atoms with van der Waals surface area (Å²) in [6, 6.07) is 6.94. The number of benzene rings is 1. The number of nitrogens with two attached hydrogens (primary N) is 1. The van der Waals surface area contributed by atoms with E-state index >= 15 is 0 Å². The molecule has 2 unspecified atom stereocenters. The molecule has 1 aliphatic heterocycles. The van der Waals surface area contributed by atoms with Crippen LogP contribution in [0.3, 0.4) is 0 Å². The molecule has 1 aliphatic rings. The predicted octanol–water partition coefficient (Wildman–Crippen LogP) is 3.70. The van der Waals surface area contributed by atoms with Crippen molar-refractivity contribution in [3.8, 4) is 0 Å². The molecule has 1 aromatic rings. The average Bonchev–Trinajstić information content (AvgIpc) is 2.36. The van der Waals surface area contributed by atoms with Crippen molar-refractivity contribution >= 4 is 23.2 Å². The first-order chi connectivity index (χ1) is 8.61. The zero-order chi connectivity index (χ0) is 13.1. The second-order valence-electron chi connectivity index (χ2n) is 5.09. The highest BCUT2D eigenvalue weighted by Crippen LogP contribution is 2.27. The molecule has 0 radical (unpaired) electrons. The van der Waals surface area contributed by atoms with Crippen LogP contribution in [-0.2, 0) is 6.54 Å². The zero-order valence-corrected chi connectivity index (χ0v) is 12.2. The van der Waals surface area contributed by atoms with E-state index in [-0.39, 0.29) is 0 Å². The van der Waals surface area contributed by atoms with E-state index in [1.807, 2.05) is 18.2 Å². The molecular weight excluding hydrogens is 267 g/mol. The van der Waals surface area contributed by atoms with Gasteiger partial charge < -0.3 is 5.73 Å². The lowest BCUT2D eigenvalue weighted by molar-refractivity contribution is 0.0892. The summed E-state index contributed by atoms with van der Waals surface area (Å²) in [5, 5.41) is 1.24. The maximum absolute atomic E-state index is 6.06. The molecule has 0 aromatic heterocycles. The average molecular weight is 287 g/mol. The van der Waals surface area contributed by atoms with Gasteiger partial charge in [-0.25, -0.2) is 0 Å². The van der Waals surface area contributed by atoms with Crippen LogP contribution in [0.5, 0.6) is 0 Å². The third kappa shape index (κ3) is 3.18. The second-order valence-corrected chi connectivity index (χ2v) is 5.90. The van der Waals surface area contributed by atoms with Gasteiger partial charge in [0.2, 0.25) is 0 Å². The summed E-state index contributed by atoms with van der Waals surface area (Å²) in [4.78, 5) is 2.49. The Balaban J connectivity index is 2.12. The van der Waals surface area contributed by atoms with Crippen LogP contribution in [0.4, 0.5) is 0 Å². The highest BCUT2D eigenvalue weighted by molar-refractivity contribution is 6.42. The number of hydrogen-bond donors (Lipinski definition) is 1. The third-order valence-corrected chi connectivity index (χ3v) is 4.55. The Hall–Kier alpha value is -0.280. The van der Waals surface area contributed by atoms with Gasteiger partial charge in [-0.05, 0) is 37.5 Å². The fraction of sp³-hybridized carbons (Fsp3) is 0.571. The summed E-state index contributed by atoms with van der Waals surface area (Å²) in [7, 11) is 0. The molecule has 0 amide bonds.